The normalized spacial score (nSPS) is 10.8. The third-order valence-corrected chi connectivity index (χ3v) is 17.5. The van der Waals surface area contributed by atoms with Crippen LogP contribution in [0.15, 0.2) is 243 Å². The number of hydrogen-bond acceptors (Lipinski definition) is 12. The lowest BCUT2D eigenvalue weighted by molar-refractivity contribution is 1.07. The summed E-state index contributed by atoms with van der Waals surface area (Å²) in [6.07, 6.45) is 0. The summed E-state index contributed by atoms with van der Waals surface area (Å²) in [6, 6.07) is 95.2. The minimum atomic E-state index is 0.314. The number of hydrogen-bond donors (Lipinski definition) is 0. The number of benzene rings is 12. The van der Waals surface area contributed by atoms with Crippen LogP contribution in [0.4, 0.5) is 0 Å². The Morgan fingerprint density at radius 3 is 0.837 bits per heavy atom. The molecule has 0 N–H and O–H groups in total. The second-order valence-corrected chi connectivity index (χ2v) is 23.3. The lowest BCUT2D eigenvalue weighted by Gasteiger charge is -2.19. The average Bonchev–Trinajstić information content (AvgIpc) is 1.57. The van der Waals surface area contributed by atoms with Crippen LogP contribution >= 0.6 is 0 Å². The molecule has 0 atom stereocenters. The molecule has 0 unspecified atom stereocenters. The fourth-order valence-electron chi connectivity index (χ4n) is 13.1. The summed E-state index contributed by atoms with van der Waals surface area (Å²) >= 11 is 0. The highest BCUT2D eigenvalue weighted by molar-refractivity contribution is 6.14. The number of fused-ring (bicyclic) bond motifs is 6. The van der Waals surface area contributed by atoms with Crippen molar-refractivity contribution in [2.45, 2.75) is 0 Å². The Kier molecular flexibility index (Phi) is 14.7. The van der Waals surface area contributed by atoms with Gasteiger partial charge in [-0.25, -0.2) is 15.0 Å². The SMILES string of the molecule is N#Cc1cc(C#N)cc(-c2ccc3c(c2)c2cc(-c4cc(C#N)cc(C#N)c4)ccc2n3-c2cc(-c3nc(-c4ccccc4)nc(-c4ccccc4)n3)ccc2-c2cccc(-n3c4ccc(-c5cc(C#N)cc(C#N)c5)cc4c4cc(-c5cc(C#N)cc(C#N)c5)ccc43)c2C#N)c1. The number of aromatic nitrogens is 5. The quantitative estimate of drug-likeness (QED) is 0.124. The third-order valence-electron chi connectivity index (χ3n) is 17.5. The van der Waals surface area contributed by atoms with E-state index in [0.29, 0.717) is 118 Å². The Morgan fingerprint density at radius 2 is 0.520 bits per heavy atom. The first kappa shape index (κ1) is 59.0. The maximum absolute atomic E-state index is 12.0. The van der Waals surface area contributed by atoms with Gasteiger partial charge in [-0.1, -0.05) is 109 Å². The second kappa shape index (κ2) is 24.4. The van der Waals surface area contributed by atoms with Gasteiger partial charge in [0.25, 0.3) is 0 Å². The van der Waals surface area contributed by atoms with Crippen LogP contribution in [0.5, 0.6) is 0 Å². The minimum Gasteiger partial charge on any atom is -0.309 e. The molecule has 446 valence electrons. The standard InChI is InChI=1S/C84H40N14/c85-41-50-24-51(42-86)29-65(28-50)60-15-20-77-71(36-60)72-37-61(66-30-52(43-87)25-53(31-66)44-88)16-21-78(72)97(77)76-13-7-12-69(75(76)49-93)70-19-14-64(84-95-82(58-8-3-1-4-9-58)94-83(96-84)59-10-5-2-6-11-59)40-81(70)98-79-22-17-62(67-32-54(45-89)26-55(33-67)46-90)38-73(79)74-39-63(18-23-80(74)98)68-34-56(47-91)27-57(35-68)48-92/h1-40H. The molecule has 98 heavy (non-hydrogen) atoms. The second-order valence-electron chi connectivity index (χ2n) is 23.3. The molecule has 0 spiro atoms. The Bertz CT molecular complexity index is 5920. The zero-order valence-electron chi connectivity index (χ0n) is 51.4. The van der Waals surface area contributed by atoms with Crippen LogP contribution < -0.4 is 0 Å². The summed E-state index contributed by atoms with van der Waals surface area (Å²) in [5, 5.41) is 95.9. The molecule has 0 aliphatic rings. The van der Waals surface area contributed by atoms with Gasteiger partial charge in [0, 0.05) is 49.4 Å². The number of nitrogens with zero attached hydrogens (tertiary/aromatic N) is 14. The fraction of sp³-hybridized carbons (Fsp3) is 0. The van der Waals surface area contributed by atoms with Gasteiger partial charge >= 0.3 is 0 Å². The molecular formula is C84H40N14. The Morgan fingerprint density at radius 1 is 0.214 bits per heavy atom. The van der Waals surface area contributed by atoms with E-state index in [9.17, 15) is 47.4 Å². The molecule has 0 aliphatic heterocycles. The Hall–Kier alpha value is -15.3. The van der Waals surface area contributed by atoms with Crippen molar-refractivity contribution in [2.24, 2.45) is 0 Å². The molecule has 14 nitrogen and oxygen atoms in total. The maximum atomic E-state index is 12.0. The molecule has 14 heteroatoms. The van der Waals surface area contributed by atoms with Crippen molar-refractivity contribution in [3.05, 3.63) is 293 Å². The first-order valence-corrected chi connectivity index (χ1v) is 30.6. The third kappa shape index (κ3) is 10.4. The lowest BCUT2D eigenvalue weighted by atomic mass is 9.95. The van der Waals surface area contributed by atoms with E-state index in [4.69, 9.17) is 15.0 Å². The molecule has 0 aliphatic carbocycles. The van der Waals surface area contributed by atoms with Gasteiger partial charge in [0.15, 0.2) is 17.5 Å². The zero-order valence-corrected chi connectivity index (χ0v) is 51.4. The van der Waals surface area contributed by atoms with Crippen molar-refractivity contribution < 1.29 is 0 Å². The summed E-state index contributed by atoms with van der Waals surface area (Å²) in [7, 11) is 0. The monoisotopic (exact) mass is 1240 g/mol. The summed E-state index contributed by atoms with van der Waals surface area (Å²) < 4.78 is 4.19. The van der Waals surface area contributed by atoms with Crippen molar-refractivity contribution >= 4 is 43.6 Å². The van der Waals surface area contributed by atoms with Crippen LogP contribution in [0.25, 0.3) is 145 Å². The molecule has 0 saturated carbocycles. The largest absolute Gasteiger partial charge is 0.309 e. The van der Waals surface area contributed by atoms with Crippen LogP contribution in [-0.4, -0.2) is 24.1 Å². The van der Waals surface area contributed by atoms with Crippen molar-refractivity contribution in [3.8, 4) is 156 Å². The topological polar surface area (TPSA) is 263 Å². The Labute approximate surface area is 560 Å². The van der Waals surface area contributed by atoms with E-state index < -0.39 is 0 Å². The van der Waals surface area contributed by atoms with Crippen LogP contribution in [0.1, 0.15) is 50.1 Å². The van der Waals surface area contributed by atoms with Gasteiger partial charge < -0.3 is 9.13 Å². The predicted octanol–water partition coefficient (Wildman–Crippen LogP) is 18.2. The van der Waals surface area contributed by atoms with Gasteiger partial charge in [-0.05, 0) is 178 Å². The van der Waals surface area contributed by atoms with Crippen LogP contribution in [0.3, 0.4) is 0 Å². The van der Waals surface area contributed by atoms with E-state index >= 15 is 0 Å². The van der Waals surface area contributed by atoms with Gasteiger partial charge in [-0.3, -0.25) is 0 Å². The highest BCUT2D eigenvalue weighted by Crippen LogP contribution is 2.45. The van der Waals surface area contributed by atoms with Crippen molar-refractivity contribution in [3.63, 3.8) is 0 Å². The van der Waals surface area contributed by atoms with Gasteiger partial charge in [0.1, 0.15) is 6.07 Å². The lowest BCUT2D eigenvalue weighted by Crippen LogP contribution is -2.04. The first-order valence-electron chi connectivity index (χ1n) is 30.6. The van der Waals surface area contributed by atoms with E-state index in [-0.39, 0.29) is 0 Å². The van der Waals surface area contributed by atoms with E-state index in [1.54, 1.807) is 72.8 Å². The molecule has 3 aromatic heterocycles. The highest BCUT2D eigenvalue weighted by Gasteiger charge is 2.25. The van der Waals surface area contributed by atoms with Gasteiger partial charge in [0.2, 0.25) is 0 Å². The molecule has 15 rings (SSSR count). The molecule has 0 amide bonds. The minimum absolute atomic E-state index is 0.314. The smallest absolute Gasteiger partial charge is 0.164 e. The summed E-state index contributed by atoms with van der Waals surface area (Å²) in [4.78, 5) is 15.4. The van der Waals surface area contributed by atoms with E-state index in [0.717, 1.165) is 77.0 Å². The summed E-state index contributed by atoms with van der Waals surface area (Å²) in [5.41, 5.74) is 15.9. The molecule has 0 fully saturated rings. The van der Waals surface area contributed by atoms with Crippen LogP contribution in [0, 0.1) is 102 Å². The molecule has 15 aromatic rings. The molecule has 3 heterocycles. The number of nitriles is 9. The zero-order chi connectivity index (χ0) is 67.1. The van der Waals surface area contributed by atoms with Crippen molar-refractivity contribution in [2.75, 3.05) is 0 Å². The van der Waals surface area contributed by atoms with Crippen molar-refractivity contribution in [1.29, 1.82) is 47.4 Å². The molecule has 0 bridgehead atoms. The molecule has 12 aromatic carbocycles. The van der Waals surface area contributed by atoms with Gasteiger partial charge in [0.05, 0.1) is 132 Å². The number of rotatable bonds is 10. The highest BCUT2D eigenvalue weighted by atomic mass is 15.0. The summed E-state index contributed by atoms with van der Waals surface area (Å²) in [6.45, 7) is 0. The van der Waals surface area contributed by atoms with Crippen molar-refractivity contribution in [1.82, 2.24) is 24.1 Å². The van der Waals surface area contributed by atoms with Crippen LogP contribution in [0.2, 0.25) is 0 Å². The van der Waals surface area contributed by atoms with Crippen LogP contribution in [-0.2, 0) is 0 Å². The van der Waals surface area contributed by atoms with Gasteiger partial charge in [-0.15, -0.1) is 0 Å². The maximum Gasteiger partial charge on any atom is 0.164 e. The summed E-state index contributed by atoms with van der Waals surface area (Å²) in [5.74, 6) is 1.27. The first-order chi connectivity index (χ1) is 48.1. The Balaban J connectivity index is 1.02. The van der Waals surface area contributed by atoms with E-state index in [1.807, 2.05) is 170 Å². The molecule has 0 radical (unpaired) electrons. The average molecular weight is 1250 g/mol. The van der Waals surface area contributed by atoms with E-state index in [2.05, 4.69) is 63.8 Å². The van der Waals surface area contributed by atoms with Gasteiger partial charge in [-0.2, -0.15) is 47.4 Å². The molecule has 0 saturated heterocycles. The molecular weight excluding hydrogens is 1210 g/mol. The predicted molar refractivity (Wildman–Crippen MR) is 374 cm³/mol. The van der Waals surface area contributed by atoms with E-state index in [1.165, 1.54) is 0 Å². The fourth-order valence-corrected chi connectivity index (χ4v) is 13.1.